The van der Waals surface area contributed by atoms with Crippen molar-refractivity contribution >= 4 is 5.91 Å². The number of phenols is 1. The number of para-hydroxylation sites is 1. The van der Waals surface area contributed by atoms with E-state index in [9.17, 15) is 9.90 Å². The fourth-order valence-electron chi connectivity index (χ4n) is 1.44. The molecule has 0 aromatic heterocycles. The third-order valence-electron chi connectivity index (χ3n) is 2.49. The summed E-state index contributed by atoms with van der Waals surface area (Å²) in [5, 5.41) is 12.3. The van der Waals surface area contributed by atoms with Crippen LogP contribution in [0.3, 0.4) is 0 Å². The predicted octanol–water partition coefficient (Wildman–Crippen LogP) is 0.788. The first-order valence-corrected chi connectivity index (χ1v) is 5.43. The highest BCUT2D eigenvalue weighted by atomic mass is 16.3. The topological polar surface area (TPSA) is 75.3 Å². The molecule has 88 valence electrons. The molecule has 4 N–H and O–H groups in total. The van der Waals surface area contributed by atoms with Gasteiger partial charge >= 0.3 is 0 Å². The number of hydrogen-bond donors (Lipinski definition) is 3. The number of hydrogen-bond acceptors (Lipinski definition) is 3. The SMILES string of the molecule is CCC(CN)NC(=O)Cc1ccccc1O. The standard InChI is InChI=1S/C12H18N2O2/c1-2-10(8-13)14-12(16)7-9-5-3-4-6-11(9)15/h3-6,10,15H,2,7-8,13H2,1H3,(H,14,16). The molecule has 0 fully saturated rings. The Hall–Kier alpha value is -1.55. The zero-order valence-electron chi connectivity index (χ0n) is 9.44. The molecule has 1 atom stereocenters. The molecule has 0 bridgehead atoms. The number of amides is 1. The third-order valence-corrected chi connectivity index (χ3v) is 2.49. The highest BCUT2D eigenvalue weighted by Gasteiger charge is 2.10. The number of carbonyl (C=O) groups is 1. The normalized spacial score (nSPS) is 12.1. The van der Waals surface area contributed by atoms with Gasteiger partial charge in [0.25, 0.3) is 0 Å². The monoisotopic (exact) mass is 222 g/mol. The molecule has 16 heavy (non-hydrogen) atoms. The van der Waals surface area contributed by atoms with Crippen LogP contribution in [0, 0.1) is 0 Å². The Labute approximate surface area is 95.5 Å². The Bertz CT molecular complexity index is 349. The first kappa shape index (κ1) is 12.5. The maximum Gasteiger partial charge on any atom is 0.224 e. The molecule has 4 nitrogen and oxygen atoms in total. The molecule has 0 aliphatic carbocycles. The lowest BCUT2D eigenvalue weighted by Crippen LogP contribution is -2.40. The molecular weight excluding hydrogens is 204 g/mol. The van der Waals surface area contributed by atoms with E-state index in [2.05, 4.69) is 5.32 Å². The van der Waals surface area contributed by atoms with Gasteiger partial charge in [0, 0.05) is 18.2 Å². The van der Waals surface area contributed by atoms with E-state index in [4.69, 9.17) is 5.73 Å². The van der Waals surface area contributed by atoms with Crippen LogP contribution in [0.4, 0.5) is 0 Å². The van der Waals surface area contributed by atoms with Gasteiger partial charge in [-0.25, -0.2) is 0 Å². The summed E-state index contributed by atoms with van der Waals surface area (Å²) in [6.07, 6.45) is 0.992. The molecule has 0 spiro atoms. The van der Waals surface area contributed by atoms with Gasteiger partial charge < -0.3 is 16.2 Å². The van der Waals surface area contributed by atoms with Gasteiger partial charge in [-0.3, -0.25) is 4.79 Å². The van der Waals surface area contributed by atoms with Crippen LogP contribution in [0.2, 0.25) is 0 Å². The second kappa shape index (κ2) is 6.12. The maximum absolute atomic E-state index is 11.6. The van der Waals surface area contributed by atoms with E-state index < -0.39 is 0 Å². The van der Waals surface area contributed by atoms with Gasteiger partial charge in [0.1, 0.15) is 5.75 Å². The predicted molar refractivity (Wildman–Crippen MR) is 63.1 cm³/mol. The number of nitrogens with two attached hydrogens (primary N) is 1. The second-order valence-corrected chi connectivity index (χ2v) is 3.71. The summed E-state index contributed by atoms with van der Waals surface area (Å²) in [5.74, 6) is 0.0391. The minimum Gasteiger partial charge on any atom is -0.508 e. The summed E-state index contributed by atoms with van der Waals surface area (Å²) < 4.78 is 0. The second-order valence-electron chi connectivity index (χ2n) is 3.71. The summed E-state index contributed by atoms with van der Waals surface area (Å²) in [7, 11) is 0. The number of phenolic OH excluding ortho intramolecular Hbond substituents is 1. The van der Waals surface area contributed by atoms with Crippen molar-refractivity contribution in [2.75, 3.05) is 6.54 Å². The highest BCUT2D eigenvalue weighted by Crippen LogP contribution is 2.15. The van der Waals surface area contributed by atoms with Gasteiger partial charge in [-0.2, -0.15) is 0 Å². The van der Waals surface area contributed by atoms with Gasteiger partial charge in [0.2, 0.25) is 5.91 Å². The quantitative estimate of drug-likeness (QED) is 0.689. The van der Waals surface area contributed by atoms with Crippen LogP contribution in [-0.4, -0.2) is 23.6 Å². The Morgan fingerprint density at radius 3 is 2.75 bits per heavy atom. The lowest BCUT2D eigenvalue weighted by Gasteiger charge is -2.14. The number of aromatic hydroxyl groups is 1. The fraction of sp³-hybridized carbons (Fsp3) is 0.417. The average molecular weight is 222 g/mol. The summed E-state index contributed by atoms with van der Waals surface area (Å²) in [5.41, 5.74) is 6.12. The van der Waals surface area contributed by atoms with E-state index in [-0.39, 0.29) is 24.1 Å². The van der Waals surface area contributed by atoms with Crippen molar-refractivity contribution in [3.8, 4) is 5.75 Å². The minimum atomic E-state index is -0.112. The molecule has 4 heteroatoms. The molecule has 0 aliphatic rings. The lowest BCUT2D eigenvalue weighted by molar-refractivity contribution is -0.121. The van der Waals surface area contributed by atoms with Crippen molar-refractivity contribution in [3.63, 3.8) is 0 Å². The Balaban J connectivity index is 2.55. The van der Waals surface area contributed by atoms with Crippen molar-refractivity contribution in [2.24, 2.45) is 5.73 Å². The van der Waals surface area contributed by atoms with Gasteiger partial charge in [0.15, 0.2) is 0 Å². The summed E-state index contributed by atoms with van der Waals surface area (Å²) in [6.45, 7) is 2.40. The van der Waals surface area contributed by atoms with E-state index in [1.165, 1.54) is 0 Å². The first-order chi connectivity index (χ1) is 7.67. The average Bonchev–Trinajstić information content (AvgIpc) is 2.29. The smallest absolute Gasteiger partial charge is 0.224 e. The van der Waals surface area contributed by atoms with E-state index in [1.807, 2.05) is 6.92 Å². The van der Waals surface area contributed by atoms with Gasteiger partial charge in [-0.05, 0) is 12.5 Å². The van der Waals surface area contributed by atoms with Crippen LogP contribution in [0.25, 0.3) is 0 Å². The maximum atomic E-state index is 11.6. The zero-order chi connectivity index (χ0) is 12.0. The highest BCUT2D eigenvalue weighted by molar-refractivity contribution is 5.79. The molecular formula is C12H18N2O2. The van der Waals surface area contributed by atoms with Crippen LogP contribution in [0.1, 0.15) is 18.9 Å². The largest absolute Gasteiger partial charge is 0.508 e. The Morgan fingerprint density at radius 1 is 1.50 bits per heavy atom. The Morgan fingerprint density at radius 2 is 2.19 bits per heavy atom. The number of carbonyl (C=O) groups excluding carboxylic acids is 1. The van der Waals surface area contributed by atoms with Crippen LogP contribution < -0.4 is 11.1 Å². The lowest BCUT2D eigenvalue weighted by atomic mass is 10.1. The summed E-state index contributed by atoms with van der Waals surface area (Å²) in [6, 6.07) is 6.84. The molecule has 1 amide bonds. The van der Waals surface area contributed by atoms with E-state index >= 15 is 0 Å². The molecule has 1 aromatic rings. The molecule has 0 radical (unpaired) electrons. The van der Waals surface area contributed by atoms with E-state index in [0.717, 1.165) is 6.42 Å². The zero-order valence-corrected chi connectivity index (χ0v) is 9.44. The molecule has 1 rings (SSSR count). The van der Waals surface area contributed by atoms with Crippen LogP contribution in [-0.2, 0) is 11.2 Å². The van der Waals surface area contributed by atoms with E-state index in [0.29, 0.717) is 12.1 Å². The Kier molecular flexibility index (Phi) is 4.79. The summed E-state index contributed by atoms with van der Waals surface area (Å²) >= 11 is 0. The molecule has 0 saturated heterocycles. The fourth-order valence-corrected chi connectivity index (χ4v) is 1.44. The first-order valence-electron chi connectivity index (χ1n) is 5.43. The van der Waals surface area contributed by atoms with E-state index in [1.54, 1.807) is 24.3 Å². The van der Waals surface area contributed by atoms with Crippen molar-refractivity contribution < 1.29 is 9.90 Å². The minimum absolute atomic E-state index is 0.0124. The number of rotatable bonds is 5. The van der Waals surface area contributed by atoms with Gasteiger partial charge in [-0.1, -0.05) is 25.1 Å². The molecule has 1 aromatic carbocycles. The van der Waals surface area contributed by atoms with Gasteiger partial charge in [0.05, 0.1) is 6.42 Å². The molecule has 0 heterocycles. The van der Waals surface area contributed by atoms with Crippen molar-refractivity contribution in [1.82, 2.24) is 5.32 Å². The van der Waals surface area contributed by atoms with Crippen molar-refractivity contribution in [2.45, 2.75) is 25.8 Å². The third kappa shape index (κ3) is 3.55. The summed E-state index contributed by atoms with van der Waals surface area (Å²) in [4.78, 5) is 11.6. The van der Waals surface area contributed by atoms with Gasteiger partial charge in [-0.15, -0.1) is 0 Å². The number of benzene rings is 1. The van der Waals surface area contributed by atoms with Crippen LogP contribution in [0.5, 0.6) is 5.75 Å². The number of nitrogens with one attached hydrogen (secondary N) is 1. The molecule has 1 unspecified atom stereocenters. The molecule has 0 aliphatic heterocycles. The molecule has 0 saturated carbocycles. The van der Waals surface area contributed by atoms with Crippen LogP contribution >= 0.6 is 0 Å². The van der Waals surface area contributed by atoms with Crippen molar-refractivity contribution in [3.05, 3.63) is 29.8 Å². The van der Waals surface area contributed by atoms with Crippen LogP contribution in [0.15, 0.2) is 24.3 Å². The van der Waals surface area contributed by atoms with Crippen molar-refractivity contribution in [1.29, 1.82) is 0 Å².